The van der Waals surface area contributed by atoms with Gasteiger partial charge in [0.25, 0.3) is 0 Å². The van der Waals surface area contributed by atoms with Crippen LogP contribution in [0.4, 0.5) is 0 Å². The molecular weight excluding hydrogens is 236 g/mol. The third kappa shape index (κ3) is 1.43. The van der Waals surface area contributed by atoms with E-state index in [2.05, 4.69) is 9.97 Å². The Kier molecular flexibility index (Phi) is 2.09. The number of rotatable bonds is 2. The number of benzene rings is 1. The number of fused-ring (bicyclic) bond motifs is 1. The highest BCUT2D eigenvalue weighted by atomic mass is 16.4. The largest absolute Gasteiger partial charge is 0.506 e. The second-order valence-corrected chi connectivity index (χ2v) is 3.74. The van der Waals surface area contributed by atoms with Crippen LogP contribution in [-0.2, 0) is 0 Å². The average Bonchev–Trinajstić information content (AvgIpc) is 2.94. The molecule has 0 fully saturated rings. The number of oxazole rings is 1. The minimum atomic E-state index is -1.22. The third-order valence-corrected chi connectivity index (χ3v) is 2.65. The van der Waals surface area contributed by atoms with E-state index < -0.39 is 5.97 Å². The van der Waals surface area contributed by atoms with E-state index in [0.29, 0.717) is 16.8 Å². The van der Waals surface area contributed by atoms with E-state index in [-0.39, 0.29) is 11.6 Å². The number of hydrogen-bond acceptors (Lipinski definition) is 4. The number of nitrogens with one attached hydrogen (secondary N) is 1. The number of carboxylic acids is 1. The van der Waals surface area contributed by atoms with Gasteiger partial charge in [-0.15, -0.1) is 0 Å². The predicted molar refractivity (Wildman–Crippen MR) is 62.4 cm³/mol. The zero-order valence-electron chi connectivity index (χ0n) is 9.04. The van der Waals surface area contributed by atoms with Crippen molar-refractivity contribution in [2.75, 3.05) is 0 Å². The first-order chi connectivity index (χ1) is 8.66. The molecule has 2 heterocycles. The first kappa shape index (κ1) is 10.4. The molecule has 2 aromatic heterocycles. The van der Waals surface area contributed by atoms with Crippen molar-refractivity contribution < 1.29 is 19.4 Å². The first-order valence-corrected chi connectivity index (χ1v) is 5.15. The van der Waals surface area contributed by atoms with E-state index in [4.69, 9.17) is 9.52 Å². The van der Waals surface area contributed by atoms with E-state index in [1.54, 1.807) is 24.4 Å². The van der Waals surface area contributed by atoms with E-state index in [1.165, 1.54) is 6.20 Å². The highest BCUT2D eigenvalue weighted by Crippen LogP contribution is 2.32. The molecule has 6 heteroatoms. The molecule has 3 rings (SSSR count). The quantitative estimate of drug-likeness (QED) is 0.641. The summed E-state index contributed by atoms with van der Waals surface area (Å²) in [5.74, 6) is -1.12. The van der Waals surface area contributed by atoms with Crippen molar-refractivity contribution in [2.24, 2.45) is 0 Å². The fourth-order valence-corrected chi connectivity index (χ4v) is 1.84. The summed E-state index contributed by atoms with van der Waals surface area (Å²) in [5, 5.41) is 19.1. The van der Waals surface area contributed by atoms with Crippen molar-refractivity contribution in [1.29, 1.82) is 0 Å². The summed E-state index contributed by atoms with van der Waals surface area (Å²) in [6, 6.07) is 5.05. The Morgan fingerprint density at radius 3 is 2.94 bits per heavy atom. The highest BCUT2D eigenvalue weighted by molar-refractivity contribution is 5.97. The summed E-state index contributed by atoms with van der Waals surface area (Å²) in [5.41, 5.74) is 1.22. The molecule has 0 aliphatic carbocycles. The van der Waals surface area contributed by atoms with Crippen LogP contribution >= 0.6 is 0 Å². The molecule has 0 radical (unpaired) electrons. The van der Waals surface area contributed by atoms with Gasteiger partial charge < -0.3 is 19.6 Å². The van der Waals surface area contributed by atoms with Crippen LogP contribution in [0.5, 0.6) is 5.75 Å². The van der Waals surface area contributed by atoms with Crippen LogP contribution in [0.15, 0.2) is 35.0 Å². The number of phenolic OH excluding ortho intramolecular Hbond substituents is 1. The van der Waals surface area contributed by atoms with Gasteiger partial charge in [0.05, 0.1) is 11.7 Å². The summed E-state index contributed by atoms with van der Waals surface area (Å²) in [6.07, 6.45) is 2.98. The van der Waals surface area contributed by atoms with Gasteiger partial charge in [-0.2, -0.15) is 0 Å². The fraction of sp³-hybridized carbons (Fsp3) is 0. The molecule has 0 aliphatic heterocycles. The maximum Gasteiger partial charge on any atom is 0.392 e. The van der Waals surface area contributed by atoms with Gasteiger partial charge in [0.15, 0.2) is 5.76 Å². The minimum Gasteiger partial charge on any atom is -0.506 e. The lowest BCUT2D eigenvalue weighted by Gasteiger charge is -1.95. The maximum absolute atomic E-state index is 10.7. The molecule has 0 unspecified atom stereocenters. The standard InChI is InChI=1S/C12H8N2O4/c15-8-3-1-2-6-7(4-13-10(6)8)9-5-14-11(18-9)12(16)17/h1-5,13,15H,(H,16,17). The molecule has 3 N–H and O–H groups in total. The second kappa shape index (κ2) is 3.63. The van der Waals surface area contributed by atoms with Crippen molar-refractivity contribution in [1.82, 2.24) is 9.97 Å². The van der Waals surface area contributed by atoms with Crippen molar-refractivity contribution in [3.05, 3.63) is 36.5 Å². The Morgan fingerprint density at radius 1 is 1.39 bits per heavy atom. The molecule has 1 aromatic carbocycles. The Labute approximate surface area is 101 Å². The van der Waals surface area contributed by atoms with E-state index in [9.17, 15) is 9.90 Å². The summed E-state index contributed by atoms with van der Waals surface area (Å²) >= 11 is 0. The molecule has 90 valence electrons. The van der Waals surface area contributed by atoms with Gasteiger partial charge in [-0.25, -0.2) is 9.78 Å². The molecule has 6 nitrogen and oxygen atoms in total. The highest BCUT2D eigenvalue weighted by Gasteiger charge is 2.15. The number of aromatic amines is 1. The number of carbonyl (C=O) groups is 1. The summed E-state index contributed by atoms with van der Waals surface area (Å²) < 4.78 is 5.13. The van der Waals surface area contributed by atoms with Crippen LogP contribution in [0.1, 0.15) is 10.7 Å². The molecule has 0 spiro atoms. The zero-order valence-corrected chi connectivity index (χ0v) is 9.04. The number of aromatic hydroxyl groups is 1. The second-order valence-electron chi connectivity index (χ2n) is 3.74. The van der Waals surface area contributed by atoms with Gasteiger partial charge in [0, 0.05) is 17.1 Å². The SMILES string of the molecule is O=C(O)c1ncc(-c2c[nH]c3c(O)cccc23)o1. The zero-order chi connectivity index (χ0) is 12.7. The number of carboxylic acid groups (broad SMARTS) is 1. The topological polar surface area (TPSA) is 99.3 Å². The normalized spacial score (nSPS) is 10.9. The van der Waals surface area contributed by atoms with Crippen LogP contribution < -0.4 is 0 Å². The number of para-hydroxylation sites is 1. The van der Waals surface area contributed by atoms with Crippen molar-refractivity contribution >= 4 is 16.9 Å². The fourth-order valence-electron chi connectivity index (χ4n) is 1.84. The molecule has 0 atom stereocenters. The minimum absolute atomic E-state index is 0.122. The lowest BCUT2D eigenvalue weighted by Crippen LogP contribution is -1.94. The molecule has 0 saturated heterocycles. The Balaban J connectivity index is 2.19. The average molecular weight is 244 g/mol. The van der Waals surface area contributed by atoms with Crippen LogP contribution in [-0.4, -0.2) is 26.2 Å². The van der Waals surface area contributed by atoms with Crippen LogP contribution in [0, 0.1) is 0 Å². The van der Waals surface area contributed by atoms with E-state index in [0.717, 1.165) is 5.39 Å². The Hall–Kier alpha value is -2.76. The maximum atomic E-state index is 10.7. The summed E-state index contributed by atoms with van der Waals surface area (Å²) in [4.78, 5) is 17.3. The smallest absolute Gasteiger partial charge is 0.392 e. The van der Waals surface area contributed by atoms with Crippen LogP contribution in [0.3, 0.4) is 0 Å². The molecule has 0 saturated carbocycles. The van der Waals surface area contributed by atoms with Crippen molar-refractivity contribution in [3.8, 4) is 17.1 Å². The third-order valence-electron chi connectivity index (χ3n) is 2.65. The van der Waals surface area contributed by atoms with E-state index >= 15 is 0 Å². The summed E-state index contributed by atoms with van der Waals surface area (Å²) in [6.45, 7) is 0. The summed E-state index contributed by atoms with van der Waals surface area (Å²) in [7, 11) is 0. The van der Waals surface area contributed by atoms with Gasteiger partial charge in [0.2, 0.25) is 0 Å². The molecule has 3 aromatic rings. The monoisotopic (exact) mass is 244 g/mol. The number of nitrogens with zero attached hydrogens (tertiary/aromatic N) is 1. The van der Waals surface area contributed by atoms with Crippen molar-refractivity contribution in [3.63, 3.8) is 0 Å². The molecule has 0 aliphatic rings. The van der Waals surface area contributed by atoms with Gasteiger partial charge in [-0.3, -0.25) is 0 Å². The predicted octanol–water partition coefficient (Wildman–Crippen LogP) is 2.23. The molecule has 0 bridgehead atoms. The number of aromatic nitrogens is 2. The number of aromatic carboxylic acids is 1. The first-order valence-electron chi connectivity index (χ1n) is 5.15. The van der Waals surface area contributed by atoms with Gasteiger partial charge in [-0.1, -0.05) is 12.1 Å². The van der Waals surface area contributed by atoms with Gasteiger partial charge in [-0.05, 0) is 6.07 Å². The molecule has 0 amide bonds. The van der Waals surface area contributed by atoms with Crippen LogP contribution in [0.2, 0.25) is 0 Å². The lowest BCUT2D eigenvalue weighted by molar-refractivity contribution is 0.0654. The Bertz CT molecular complexity index is 741. The van der Waals surface area contributed by atoms with E-state index in [1.807, 2.05) is 0 Å². The van der Waals surface area contributed by atoms with Crippen molar-refractivity contribution in [2.45, 2.75) is 0 Å². The molecule has 18 heavy (non-hydrogen) atoms. The number of H-pyrrole nitrogens is 1. The van der Waals surface area contributed by atoms with Gasteiger partial charge in [0.1, 0.15) is 5.75 Å². The number of phenols is 1. The number of hydrogen-bond donors (Lipinski definition) is 3. The van der Waals surface area contributed by atoms with Gasteiger partial charge >= 0.3 is 11.9 Å². The molecular formula is C12H8N2O4. The van der Waals surface area contributed by atoms with Crippen LogP contribution in [0.25, 0.3) is 22.2 Å². The lowest BCUT2D eigenvalue weighted by atomic mass is 10.1. The Morgan fingerprint density at radius 2 is 2.22 bits per heavy atom.